The van der Waals surface area contributed by atoms with Crippen molar-refractivity contribution in [3.63, 3.8) is 0 Å². The number of hydrogen-bond acceptors (Lipinski definition) is 11. The van der Waals surface area contributed by atoms with E-state index >= 15 is 0 Å². The zero-order valence-electron chi connectivity index (χ0n) is 48.3. The molecule has 0 radical (unpaired) electrons. The third kappa shape index (κ3) is 48.1. The molecule has 0 aromatic heterocycles. The molecule has 442 valence electrons. The van der Waals surface area contributed by atoms with Gasteiger partial charge in [0.25, 0.3) is 0 Å². The Morgan fingerprint density at radius 3 is 0.685 bits per heavy atom. The maximum absolute atomic E-state index is 12.6. The van der Waals surface area contributed by atoms with Gasteiger partial charge in [-0.2, -0.15) is 0 Å². The molecule has 10 N–H and O–H groups in total. The van der Waals surface area contributed by atoms with E-state index in [1.54, 1.807) is 0 Å². The lowest BCUT2D eigenvalue weighted by molar-refractivity contribution is -0.243. The zero-order valence-corrected chi connectivity index (χ0v) is 50.1. The molecule has 0 saturated heterocycles. The van der Waals surface area contributed by atoms with Crippen molar-refractivity contribution in [3.05, 3.63) is 0 Å². The van der Waals surface area contributed by atoms with Gasteiger partial charge >= 0.3 is 17.2 Å². The van der Waals surface area contributed by atoms with Crippen LogP contribution in [-0.4, -0.2) is 86.3 Å². The van der Waals surface area contributed by atoms with Gasteiger partial charge in [0.2, 0.25) is 0 Å². The van der Waals surface area contributed by atoms with Crippen LogP contribution in [0.2, 0.25) is 0 Å². The molecule has 0 saturated carbocycles. The Morgan fingerprint density at radius 1 is 0.315 bits per heavy atom. The van der Waals surface area contributed by atoms with Crippen LogP contribution in [0.25, 0.3) is 0 Å². The van der Waals surface area contributed by atoms with Crippen molar-refractivity contribution in [1.82, 2.24) is 0 Å². The minimum Gasteiger partial charge on any atom is -0.394 e. The van der Waals surface area contributed by atoms with Crippen LogP contribution in [0.4, 0.5) is 0 Å². The van der Waals surface area contributed by atoms with Gasteiger partial charge in [-0.15, -0.1) is 0 Å². The Morgan fingerprint density at radius 2 is 0.507 bits per heavy atom. The second kappa shape index (κ2) is 57.1. The molecule has 4 atom stereocenters. The molecular formula is C60H126O11P2. The van der Waals surface area contributed by atoms with Gasteiger partial charge in [0.1, 0.15) is 23.9 Å². The topological polar surface area (TPSA) is 212 Å². The van der Waals surface area contributed by atoms with Gasteiger partial charge in [-0.1, -0.05) is 329 Å². The van der Waals surface area contributed by atoms with E-state index in [0.717, 1.165) is 57.8 Å². The van der Waals surface area contributed by atoms with E-state index in [1.165, 1.54) is 244 Å². The fourth-order valence-corrected chi connectivity index (χ4v) is 11.3. The third-order valence-electron chi connectivity index (χ3n) is 15.6. The molecule has 0 aromatic rings. The average molecular weight is 1090 g/mol. The van der Waals surface area contributed by atoms with Gasteiger partial charge in [0.05, 0.1) is 12.2 Å². The Kier molecular flexibility index (Phi) is 59.1. The first-order chi connectivity index (χ1) is 35.4. The first-order valence-electron chi connectivity index (χ1n) is 31.5. The van der Waals surface area contributed by atoms with Crippen molar-refractivity contribution in [3.8, 4) is 0 Å². The van der Waals surface area contributed by atoms with Crippen molar-refractivity contribution in [2.24, 2.45) is 0 Å². The molecule has 0 heterocycles. The van der Waals surface area contributed by atoms with E-state index in [4.69, 9.17) is 19.6 Å². The van der Waals surface area contributed by atoms with Crippen molar-refractivity contribution in [1.29, 1.82) is 0 Å². The highest BCUT2D eigenvalue weighted by molar-refractivity contribution is 7.53. The number of hydrogen-bond donors (Lipinski definition) is 10. The first kappa shape index (κ1) is 75.5. The van der Waals surface area contributed by atoms with Crippen molar-refractivity contribution in [2.45, 2.75) is 378 Å². The molecule has 0 rings (SSSR count). The third-order valence-corrected chi connectivity index (χ3v) is 16.8. The van der Waals surface area contributed by atoms with Gasteiger partial charge in [0.15, 0.2) is 0 Å². The number of rotatable bonds is 58. The molecule has 0 spiro atoms. The van der Waals surface area contributed by atoms with Crippen LogP contribution in [0.1, 0.15) is 348 Å². The zero-order chi connectivity index (χ0) is 54.4. The lowest BCUT2D eigenvalue weighted by Gasteiger charge is -2.48. The quantitative estimate of drug-likeness (QED) is 0.0204. The number of unbranched alkanes of at least 4 members (excludes halogenated alkanes) is 45. The van der Waals surface area contributed by atoms with Crippen LogP contribution in [0, 0.1) is 0 Å². The predicted octanol–water partition coefficient (Wildman–Crippen LogP) is 16.9. The Labute approximate surface area is 454 Å². The molecule has 0 aromatic carbocycles. The van der Waals surface area contributed by atoms with Crippen LogP contribution in [0.3, 0.4) is 0 Å². The maximum atomic E-state index is 12.6. The normalized spacial score (nSPS) is 14.2. The molecule has 0 bridgehead atoms. The lowest BCUT2D eigenvalue weighted by Crippen LogP contribution is -2.65. The van der Waals surface area contributed by atoms with Crippen molar-refractivity contribution < 1.29 is 54.5 Å². The predicted molar refractivity (Wildman–Crippen MR) is 311 cm³/mol. The minimum atomic E-state index is -2.61. The van der Waals surface area contributed by atoms with Crippen LogP contribution in [0.5, 0.6) is 0 Å². The summed E-state index contributed by atoms with van der Waals surface area (Å²) in [5.41, 5.74) is -3.58. The summed E-state index contributed by atoms with van der Waals surface area (Å²) in [5.74, 6) is 0. The molecule has 0 aliphatic carbocycles. The number of aliphatic hydroxyl groups is 6. The van der Waals surface area contributed by atoms with Crippen LogP contribution >= 0.6 is 17.2 Å². The SMILES string of the molecule is CCCCCCCCCCCCCCCCCCC(O)(CCCCCCCCCCCCCCCCCC)[C@@](O)(CCCCCCCCCCCCCCCCCC)[C@@H](O)[C@H](O)[C@H](O)CO.OP(O)OP(O)O. The van der Waals surface area contributed by atoms with E-state index < -0.39 is 53.3 Å². The summed E-state index contributed by atoms with van der Waals surface area (Å²) in [6.45, 7) is 6.12. The second-order valence-electron chi connectivity index (χ2n) is 22.4. The van der Waals surface area contributed by atoms with Gasteiger partial charge in [0, 0.05) is 0 Å². The summed E-state index contributed by atoms with van der Waals surface area (Å²) < 4.78 is 3.60. The van der Waals surface area contributed by atoms with E-state index in [-0.39, 0.29) is 6.42 Å². The van der Waals surface area contributed by atoms with Crippen LogP contribution < -0.4 is 0 Å². The van der Waals surface area contributed by atoms with Crippen LogP contribution in [0.15, 0.2) is 0 Å². The molecule has 0 aliphatic heterocycles. The summed E-state index contributed by atoms with van der Waals surface area (Å²) in [7, 11) is -5.22. The molecule has 0 fully saturated rings. The minimum absolute atomic E-state index is 0.163. The largest absolute Gasteiger partial charge is 0.394 e. The van der Waals surface area contributed by atoms with E-state index in [9.17, 15) is 30.6 Å². The van der Waals surface area contributed by atoms with Gasteiger partial charge in [-0.05, 0) is 19.3 Å². The Hall–Kier alpha value is 0.420. The lowest BCUT2D eigenvalue weighted by atomic mass is 9.68. The highest BCUT2D eigenvalue weighted by Crippen LogP contribution is 2.42. The highest BCUT2D eigenvalue weighted by atomic mass is 31.2. The van der Waals surface area contributed by atoms with Gasteiger partial charge < -0.3 is 50.2 Å². The smallest absolute Gasteiger partial charge is 0.334 e. The average Bonchev–Trinajstić information content (AvgIpc) is 3.37. The van der Waals surface area contributed by atoms with E-state index in [1.807, 2.05) is 0 Å². The fourth-order valence-electron chi connectivity index (χ4n) is 10.8. The second-order valence-corrected chi connectivity index (χ2v) is 24.1. The molecule has 73 heavy (non-hydrogen) atoms. The van der Waals surface area contributed by atoms with Crippen molar-refractivity contribution >= 4 is 17.2 Å². The molecule has 0 aliphatic rings. The molecular weight excluding hydrogens is 959 g/mol. The maximum Gasteiger partial charge on any atom is 0.334 e. The van der Waals surface area contributed by atoms with E-state index in [0.29, 0.717) is 19.3 Å². The van der Waals surface area contributed by atoms with Gasteiger partial charge in [-0.3, -0.25) is 0 Å². The first-order valence-corrected chi connectivity index (χ1v) is 33.8. The summed E-state index contributed by atoms with van der Waals surface area (Å²) in [6.07, 6.45) is 56.0. The summed E-state index contributed by atoms with van der Waals surface area (Å²) >= 11 is 0. The summed E-state index contributed by atoms with van der Waals surface area (Å²) in [5, 5.41) is 67.9. The Balaban J connectivity index is 0. The molecule has 0 amide bonds. The standard InChI is InChI=1S/C60H122O6.H4O5P2/c1-4-7-10-13-16-19-22-25-28-31-34-37-40-43-46-49-52-59(65,53-50-47-44-41-38-35-32-29-26-23-20-17-14-11-8-5-2)60(66,58(64)57(63)56(62)55-61)54-51-48-45-42-39-36-33-30-27-24-21-18-15-12-9-6-3;1-6(2)5-7(3)4/h56-58,61-66H,4-55H2,1-3H3;1-4H/t56-,57-,58+,60-;/m1./s1. The number of aliphatic hydroxyl groups excluding tert-OH is 4. The molecule has 11 nitrogen and oxygen atoms in total. The summed E-state index contributed by atoms with van der Waals surface area (Å²) in [4.78, 5) is 31.3. The Bertz CT molecular complexity index is 1020. The fraction of sp³-hybridized carbons (Fsp3) is 1.00. The van der Waals surface area contributed by atoms with E-state index in [2.05, 4.69) is 25.1 Å². The monoisotopic (exact) mass is 1080 g/mol. The van der Waals surface area contributed by atoms with Crippen LogP contribution in [-0.2, 0) is 4.31 Å². The molecule has 0 unspecified atom stereocenters. The van der Waals surface area contributed by atoms with Crippen molar-refractivity contribution in [2.75, 3.05) is 6.61 Å². The summed E-state index contributed by atoms with van der Waals surface area (Å²) in [6, 6.07) is 0. The highest BCUT2D eigenvalue weighted by Gasteiger charge is 2.55. The van der Waals surface area contributed by atoms with Gasteiger partial charge in [-0.25, -0.2) is 4.31 Å². The molecule has 13 heteroatoms.